The molecule has 1 amide bonds. The highest BCUT2D eigenvalue weighted by atomic mass is 32.2. The summed E-state index contributed by atoms with van der Waals surface area (Å²) in [5, 5.41) is 9.56. The van der Waals surface area contributed by atoms with Crippen LogP contribution in [0.15, 0.2) is 58.4 Å². The van der Waals surface area contributed by atoms with Crippen molar-refractivity contribution in [2.24, 2.45) is 4.99 Å². The molecule has 32 heavy (non-hydrogen) atoms. The topological polar surface area (TPSA) is 96.3 Å². The van der Waals surface area contributed by atoms with Gasteiger partial charge in [-0.1, -0.05) is 25.1 Å². The molecule has 2 aromatic carbocycles. The van der Waals surface area contributed by atoms with Crippen LogP contribution in [0, 0.1) is 0 Å². The van der Waals surface area contributed by atoms with Gasteiger partial charge in [-0.05, 0) is 68.4 Å². The van der Waals surface area contributed by atoms with Crippen LogP contribution in [0.1, 0.15) is 43.1 Å². The van der Waals surface area contributed by atoms with Crippen LogP contribution in [-0.2, 0) is 9.59 Å². The number of benzene rings is 2. The quantitative estimate of drug-likeness (QED) is 0.581. The number of nitrogens with zero attached hydrogens (tertiary/aromatic N) is 2. The molecule has 1 unspecified atom stereocenters. The average molecular weight is 453 g/mol. The number of hydrogen-bond acceptors (Lipinski definition) is 6. The number of amides is 1. The van der Waals surface area contributed by atoms with E-state index in [9.17, 15) is 14.4 Å². The van der Waals surface area contributed by atoms with E-state index in [2.05, 4.69) is 4.99 Å². The van der Waals surface area contributed by atoms with Crippen LogP contribution in [0.3, 0.4) is 0 Å². The minimum Gasteiger partial charge on any atom is -0.482 e. The maximum Gasteiger partial charge on any atom is 0.335 e. The van der Waals surface area contributed by atoms with Gasteiger partial charge in [0.05, 0.1) is 16.2 Å². The van der Waals surface area contributed by atoms with Gasteiger partial charge in [0.1, 0.15) is 5.75 Å². The molecule has 0 spiro atoms. The highest BCUT2D eigenvalue weighted by Gasteiger charge is 2.32. The number of ether oxygens (including phenoxy) is 1. The molecule has 1 atom stereocenters. The monoisotopic (exact) mass is 452 g/mol. The van der Waals surface area contributed by atoms with Crippen molar-refractivity contribution >= 4 is 46.4 Å². The van der Waals surface area contributed by atoms with Gasteiger partial charge in [-0.15, -0.1) is 0 Å². The van der Waals surface area contributed by atoms with Gasteiger partial charge in [-0.2, -0.15) is 0 Å². The van der Waals surface area contributed by atoms with Gasteiger partial charge in [0, 0.05) is 12.1 Å². The number of carboxylic acid groups (broad SMARTS) is 1. The van der Waals surface area contributed by atoms with Crippen molar-refractivity contribution in [1.29, 1.82) is 0 Å². The van der Waals surface area contributed by atoms with Gasteiger partial charge in [0.25, 0.3) is 5.91 Å². The number of carboxylic acids is 1. The number of aromatic carboxylic acids is 1. The molecule has 1 N–H and O–H groups in total. The lowest BCUT2D eigenvalue weighted by Crippen LogP contribution is -2.28. The number of para-hydroxylation sites is 1. The summed E-state index contributed by atoms with van der Waals surface area (Å²) in [6, 6.07) is 13.4. The van der Waals surface area contributed by atoms with E-state index in [0.29, 0.717) is 40.0 Å². The van der Waals surface area contributed by atoms with E-state index in [0.717, 1.165) is 0 Å². The van der Waals surface area contributed by atoms with E-state index in [1.54, 1.807) is 29.2 Å². The fourth-order valence-corrected chi connectivity index (χ4v) is 4.17. The first-order chi connectivity index (χ1) is 15.3. The van der Waals surface area contributed by atoms with Gasteiger partial charge in [-0.25, -0.2) is 9.79 Å². The summed E-state index contributed by atoms with van der Waals surface area (Å²) in [6.07, 6.45) is 1.75. The van der Waals surface area contributed by atoms with E-state index >= 15 is 0 Å². The predicted octanol–water partition coefficient (Wildman–Crippen LogP) is 4.76. The highest BCUT2D eigenvalue weighted by Crippen LogP contribution is 2.35. The third-order valence-corrected chi connectivity index (χ3v) is 5.85. The fraction of sp³-hybridized carbons (Fsp3) is 0.250. The lowest BCUT2D eigenvalue weighted by Gasteiger charge is -2.16. The Labute approximate surface area is 190 Å². The largest absolute Gasteiger partial charge is 0.482 e. The number of rotatable bonds is 8. The number of carbonyl (C=O) groups is 3. The zero-order valence-corrected chi connectivity index (χ0v) is 18.9. The van der Waals surface area contributed by atoms with Crippen molar-refractivity contribution in [3.8, 4) is 5.75 Å². The lowest BCUT2D eigenvalue weighted by atomic mass is 10.1. The molecule has 0 aromatic heterocycles. The molecular formula is C24H24N2O5S. The minimum atomic E-state index is -1.01. The smallest absolute Gasteiger partial charge is 0.335 e. The molecule has 7 nitrogen and oxygen atoms in total. The van der Waals surface area contributed by atoms with Crippen LogP contribution in [0.2, 0.25) is 0 Å². The van der Waals surface area contributed by atoms with E-state index in [4.69, 9.17) is 9.84 Å². The van der Waals surface area contributed by atoms with E-state index in [-0.39, 0.29) is 17.3 Å². The Morgan fingerprint density at radius 1 is 1.16 bits per heavy atom. The molecule has 3 rings (SSSR count). The first-order valence-electron chi connectivity index (χ1n) is 10.2. The third-order valence-electron chi connectivity index (χ3n) is 4.84. The van der Waals surface area contributed by atoms with Gasteiger partial charge < -0.3 is 9.84 Å². The second-order valence-corrected chi connectivity index (χ2v) is 8.08. The zero-order valence-electron chi connectivity index (χ0n) is 18.1. The SMILES string of the molecule is CCC(Oc1ccccc1/C=C1\SC(=Nc2ccc(C(=O)O)cc2)N(CC)C1=O)C(C)=O. The summed E-state index contributed by atoms with van der Waals surface area (Å²) in [5.41, 5.74) is 1.43. The maximum atomic E-state index is 13.0. The molecule has 0 aliphatic carbocycles. The Morgan fingerprint density at radius 3 is 2.44 bits per heavy atom. The Morgan fingerprint density at radius 2 is 1.84 bits per heavy atom. The number of Topliss-reactive ketones (excluding diaryl/α,β-unsaturated/α-hetero) is 1. The van der Waals surface area contributed by atoms with E-state index in [1.807, 2.05) is 32.0 Å². The molecule has 0 saturated carbocycles. The second-order valence-electron chi connectivity index (χ2n) is 7.07. The summed E-state index contributed by atoms with van der Waals surface area (Å²) in [5.74, 6) is -0.701. The predicted molar refractivity (Wildman–Crippen MR) is 125 cm³/mol. The molecule has 1 aliphatic heterocycles. The summed E-state index contributed by atoms with van der Waals surface area (Å²) in [6.45, 7) is 5.68. The van der Waals surface area contributed by atoms with Crippen LogP contribution in [0.5, 0.6) is 5.75 Å². The van der Waals surface area contributed by atoms with Crippen LogP contribution in [0.4, 0.5) is 5.69 Å². The molecule has 1 fully saturated rings. The molecule has 8 heteroatoms. The van der Waals surface area contributed by atoms with Gasteiger partial charge in [-0.3, -0.25) is 14.5 Å². The molecule has 1 saturated heterocycles. The van der Waals surface area contributed by atoms with Crippen molar-refractivity contribution in [3.63, 3.8) is 0 Å². The Hall–Kier alpha value is -3.39. The number of carbonyl (C=O) groups excluding carboxylic acids is 2. The zero-order chi connectivity index (χ0) is 23.3. The van der Waals surface area contributed by atoms with Crippen LogP contribution in [-0.4, -0.2) is 45.5 Å². The number of amidine groups is 1. The van der Waals surface area contributed by atoms with Crippen molar-refractivity contribution in [3.05, 3.63) is 64.6 Å². The fourth-order valence-electron chi connectivity index (χ4n) is 3.11. The molecule has 0 radical (unpaired) electrons. The molecule has 1 aliphatic rings. The summed E-state index contributed by atoms with van der Waals surface area (Å²) in [4.78, 5) is 42.4. The van der Waals surface area contributed by atoms with E-state index < -0.39 is 12.1 Å². The summed E-state index contributed by atoms with van der Waals surface area (Å²) in [7, 11) is 0. The average Bonchev–Trinajstić information content (AvgIpc) is 3.06. The van der Waals surface area contributed by atoms with Crippen LogP contribution in [0.25, 0.3) is 6.08 Å². The Bertz CT molecular complexity index is 1090. The third kappa shape index (κ3) is 5.26. The molecular weight excluding hydrogens is 428 g/mol. The van der Waals surface area contributed by atoms with Crippen LogP contribution >= 0.6 is 11.8 Å². The number of likely N-dealkylation sites (N-methyl/N-ethyl adjacent to an activating group) is 1. The standard InChI is InChI=1S/C24H24N2O5S/c1-4-19(15(3)27)31-20-9-7-6-8-17(20)14-21-22(28)26(5-2)24(32-21)25-18-12-10-16(11-13-18)23(29)30/h6-14,19H,4-5H2,1-3H3,(H,29,30)/b21-14-,25-24?. The molecule has 1 heterocycles. The van der Waals surface area contributed by atoms with Crippen LogP contribution < -0.4 is 4.74 Å². The number of thioether (sulfide) groups is 1. The molecule has 2 aromatic rings. The Kier molecular flexibility index (Phi) is 7.48. The van der Waals surface area contributed by atoms with Gasteiger partial charge >= 0.3 is 5.97 Å². The second kappa shape index (κ2) is 10.3. The van der Waals surface area contributed by atoms with Crippen molar-refractivity contribution < 1.29 is 24.2 Å². The highest BCUT2D eigenvalue weighted by molar-refractivity contribution is 8.18. The Balaban J connectivity index is 1.91. The summed E-state index contributed by atoms with van der Waals surface area (Å²) >= 11 is 1.24. The number of hydrogen-bond donors (Lipinski definition) is 1. The molecule has 166 valence electrons. The number of aliphatic imine (C=N–C) groups is 1. The number of ketones is 1. The first kappa shape index (κ1) is 23.3. The maximum absolute atomic E-state index is 13.0. The van der Waals surface area contributed by atoms with Crippen molar-refractivity contribution in [2.75, 3.05) is 6.54 Å². The van der Waals surface area contributed by atoms with E-state index in [1.165, 1.54) is 30.8 Å². The lowest BCUT2D eigenvalue weighted by molar-refractivity contribution is -0.124. The van der Waals surface area contributed by atoms with Crippen molar-refractivity contribution in [1.82, 2.24) is 4.90 Å². The van der Waals surface area contributed by atoms with Gasteiger partial charge in [0.2, 0.25) is 0 Å². The summed E-state index contributed by atoms with van der Waals surface area (Å²) < 4.78 is 5.90. The molecule has 0 bridgehead atoms. The first-order valence-corrected chi connectivity index (χ1v) is 11.0. The normalized spacial score (nSPS) is 17.1. The minimum absolute atomic E-state index is 0.0539. The van der Waals surface area contributed by atoms with Gasteiger partial charge in [0.15, 0.2) is 17.1 Å². The van der Waals surface area contributed by atoms with Crippen molar-refractivity contribution in [2.45, 2.75) is 33.3 Å².